The highest BCUT2D eigenvalue weighted by Crippen LogP contribution is 2.36. The molecule has 1 saturated heterocycles. The maximum atomic E-state index is 13.2. The van der Waals surface area contributed by atoms with Gasteiger partial charge in [0, 0.05) is 36.6 Å². The number of carbonyl (C=O) groups excluding carboxylic acids is 2. The van der Waals surface area contributed by atoms with Gasteiger partial charge in [-0.3, -0.25) is 9.59 Å². The topological polar surface area (TPSA) is 83.6 Å². The van der Waals surface area contributed by atoms with Crippen LogP contribution in [0.2, 0.25) is 0 Å². The van der Waals surface area contributed by atoms with E-state index in [9.17, 15) is 9.59 Å². The van der Waals surface area contributed by atoms with E-state index < -0.39 is 5.92 Å². The number of ether oxygens (including phenoxy) is 1. The molecule has 0 spiro atoms. The van der Waals surface area contributed by atoms with Gasteiger partial charge in [-0.25, -0.2) is 4.98 Å². The Morgan fingerprint density at radius 1 is 0.919 bits per heavy atom. The van der Waals surface area contributed by atoms with E-state index in [1.165, 1.54) is 11.8 Å². The van der Waals surface area contributed by atoms with Crippen LogP contribution in [0.15, 0.2) is 83.2 Å². The zero-order valence-corrected chi connectivity index (χ0v) is 21.9. The zero-order chi connectivity index (χ0) is 25.5. The molecule has 0 radical (unpaired) electrons. The standard InChI is InChI=1S/C28H28N4O3S2/c33-25(29-21-8-3-1-4-9-21)18-20(27(34)30-22-10-5-2-6-11-22)19-36-28-31-26-23(12-7-13-24(26)37-28)32-14-16-35-17-15-32/h1-13,20H,14-19H2,(H,29,33)(H,30,34). The summed E-state index contributed by atoms with van der Waals surface area (Å²) in [5.41, 5.74) is 3.51. The van der Waals surface area contributed by atoms with E-state index >= 15 is 0 Å². The molecule has 2 N–H and O–H groups in total. The Morgan fingerprint density at radius 3 is 2.30 bits per heavy atom. The molecule has 3 aromatic carbocycles. The van der Waals surface area contributed by atoms with Crippen LogP contribution in [0.1, 0.15) is 6.42 Å². The van der Waals surface area contributed by atoms with Gasteiger partial charge in [-0.15, -0.1) is 11.3 Å². The highest BCUT2D eigenvalue weighted by Gasteiger charge is 2.24. The molecule has 5 rings (SSSR count). The average molecular weight is 533 g/mol. The van der Waals surface area contributed by atoms with E-state index in [4.69, 9.17) is 9.72 Å². The van der Waals surface area contributed by atoms with Crippen molar-refractivity contribution in [2.24, 2.45) is 5.92 Å². The van der Waals surface area contributed by atoms with E-state index in [0.717, 1.165) is 33.3 Å². The van der Waals surface area contributed by atoms with Gasteiger partial charge in [-0.1, -0.05) is 54.2 Å². The number of aromatic nitrogens is 1. The molecular formula is C28H28N4O3S2. The van der Waals surface area contributed by atoms with Crippen molar-refractivity contribution in [1.82, 2.24) is 4.98 Å². The normalized spacial score (nSPS) is 14.3. The van der Waals surface area contributed by atoms with Crippen LogP contribution in [0.3, 0.4) is 0 Å². The molecule has 2 heterocycles. The second-order valence-corrected chi connectivity index (χ2v) is 11.0. The molecule has 9 heteroatoms. The van der Waals surface area contributed by atoms with Crippen molar-refractivity contribution in [2.75, 3.05) is 47.6 Å². The van der Waals surface area contributed by atoms with Gasteiger partial charge in [-0.2, -0.15) is 0 Å². The van der Waals surface area contributed by atoms with Crippen LogP contribution in [0, 0.1) is 5.92 Å². The lowest BCUT2D eigenvalue weighted by Gasteiger charge is -2.28. The summed E-state index contributed by atoms with van der Waals surface area (Å²) in [7, 11) is 0. The van der Waals surface area contributed by atoms with Gasteiger partial charge in [0.2, 0.25) is 11.8 Å². The van der Waals surface area contributed by atoms with E-state index in [1.807, 2.05) is 60.7 Å². The number of thiazole rings is 1. The fourth-order valence-electron chi connectivity index (χ4n) is 4.16. The summed E-state index contributed by atoms with van der Waals surface area (Å²) < 4.78 is 7.50. The van der Waals surface area contributed by atoms with E-state index in [0.29, 0.717) is 30.3 Å². The first-order valence-electron chi connectivity index (χ1n) is 12.2. The number of rotatable bonds is 9. The number of hydrogen-bond donors (Lipinski definition) is 2. The van der Waals surface area contributed by atoms with Gasteiger partial charge >= 0.3 is 0 Å². The first-order chi connectivity index (χ1) is 18.2. The summed E-state index contributed by atoms with van der Waals surface area (Å²) in [6, 6.07) is 24.8. The van der Waals surface area contributed by atoms with Crippen LogP contribution >= 0.6 is 23.1 Å². The van der Waals surface area contributed by atoms with Gasteiger partial charge in [0.15, 0.2) is 4.34 Å². The minimum atomic E-state index is -0.528. The number of carbonyl (C=O) groups is 2. The number of fused-ring (bicyclic) bond motifs is 1. The molecule has 37 heavy (non-hydrogen) atoms. The first kappa shape index (κ1) is 25.3. The van der Waals surface area contributed by atoms with Crippen molar-refractivity contribution < 1.29 is 14.3 Å². The average Bonchev–Trinajstić information content (AvgIpc) is 3.36. The third-order valence-corrected chi connectivity index (χ3v) is 8.37. The Morgan fingerprint density at radius 2 is 1.59 bits per heavy atom. The SMILES string of the molecule is O=C(CC(CSc1nc2c(N3CCOCC3)cccc2s1)C(=O)Nc1ccccc1)Nc1ccccc1. The smallest absolute Gasteiger partial charge is 0.228 e. The summed E-state index contributed by atoms with van der Waals surface area (Å²) >= 11 is 3.14. The van der Waals surface area contributed by atoms with Crippen LogP contribution in [0.5, 0.6) is 0 Å². The van der Waals surface area contributed by atoms with Crippen molar-refractivity contribution in [3.05, 3.63) is 78.9 Å². The van der Waals surface area contributed by atoms with E-state index in [1.54, 1.807) is 11.3 Å². The number of benzene rings is 3. The maximum Gasteiger partial charge on any atom is 0.228 e. The molecule has 0 aliphatic carbocycles. The Balaban J connectivity index is 1.30. The van der Waals surface area contributed by atoms with Crippen molar-refractivity contribution in [3.8, 4) is 0 Å². The zero-order valence-electron chi connectivity index (χ0n) is 20.3. The summed E-state index contributed by atoms with van der Waals surface area (Å²) in [6.07, 6.45) is 0.0739. The van der Waals surface area contributed by atoms with Crippen LogP contribution in [-0.2, 0) is 14.3 Å². The molecule has 7 nitrogen and oxygen atoms in total. The number of anilines is 3. The predicted molar refractivity (Wildman–Crippen MR) is 152 cm³/mol. The molecule has 0 bridgehead atoms. The fraction of sp³-hybridized carbons (Fsp3) is 0.250. The van der Waals surface area contributed by atoms with Crippen molar-refractivity contribution >= 4 is 62.2 Å². The lowest BCUT2D eigenvalue weighted by atomic mass is 10.1. The predicted octanol–water partition coefficient (Wildman–Crippen LogP) is 5.51. The van der Waals surface area contributed by atoms with Gasteiger partial charge in [0.25, 0.3) is 0 Å². The molecule has 1 aliphatic heterocycles. The summed E-state index contributed by atoms with van der Waals surface area (Å²) in [5.74, 6) is -0.469. The Labute approximate surface area is 224 Å². The molecular weight excluding hydrogens is 504 g/mol. The number of hydrogen-bond acceptors (Lipinski definition) is 7. The highest BCUT2D eigenvalue weighted by atomic mass is 32.2. The van der Waals surface area contributed by atoms with Crippen LogP contribution < -0.4 is 15.5 Å². The lowest BCUT2D eigenvalue weighted by molar-refractivity contribution is -0.124. The Hall–Kier alpha value is -3.40. The summed E-state index contributed by atoms with van der Waals surface area (Å²) in [5, 5.41) is 5.86. The van der Waals surface area contributed by atoms with Crippen LogP contribution in [-0.4, -0.2) is 48.9 Å². The summed E-state index contributed by atoms with van der Waals surface area (Å²) in [4.78, 5) is 33.3. The largest absolute Gasteiger partial charge is 0.378 e. The number of para-hydroxylation sites is 3. The maximum absolute atomic E-state index is 13.2. The van der Waals surface area contributed by atoms with Gasteiger partial charge in [0.1, 0.15) is 5.52 Å². The quantitative estimate of drug-likeness (QED) is 0.277. The highest BCUT2D eigenvalue weighted by molar-refractivity contribution is 8.01. The third-order valence-electron chi connectivity index (χ3n) is 6.04. The molecule has 1 fully saturated rings. The first-order valence-corrected chi connectivity index (χ1v) is 14.0. The third kappa shape index (κ3) is 6.68. The van der Waals surface area contributed by atoms with Gasteiger partial charge in [0.05, 0.1) is 29.5 Å². The van der Waals surface area contributed by atoms with Crippen molar-refractivity contribution in [2.45, 2.75) is 10.8 Å². The number of thioether (sulfide) groups is 1. The van der Waals surface area contributed by atoms with E-state index in [-0.39, 0.29) is 18.2 Å². The van der Waals surface area contributed by atoms with Gasteiger partial charge < -0.3 is 20.3 Å². The van der Waals surface area contributed by atoms with Gasteiger partial charge in [-0.05, 0) is 36.4 Å². The van der Waals surface area contributed by atoms with Crippen LogP contribution in [0.25, 0.3) is 10.2 Å². The number of nitrogens with one attached hydrogen (secondary N) is 2. The molecule has 190 valence electrons. The Kier molecular flexibility index (Phi) is 8.35. The lowest BCUT2D eigenvalue weighted by Crippen LogP contribution is -2.36. The second-order valence-electron chi connectivity index (χ2n) is 8.68. The minimum Gasteiger partial charge on any atom is -0.378 e. The monoisotopic (exact) mass is 532 g/mol. The molecule has 4 aromatic rings. The molecule has 1 atom stereocenters. The summed E-state index contributed by atoms with van der Waals surface area (Å²) in [6.45, 7) is 3.12. The number of amides is 2. The molecule has 2 amide bonds. The van der Waals surface area contributed by atoms with Crippen LogP contribution in [0.4, 0.5) is 17.1 Å². The molecule has 1 aliphatic rings. The Bertz CT molecular complexity index is 1340. The molecule has 1 unspecified atom stereocenters. The van der Waals surface area contributed by atoms with Crippen molar-refractivity contribution in [3.63, 3.8) is 0 Å². The number of morpholine rings is 1. The second kappa shape index (κ2) is 12.2. The molecule has 0 saturated carbocycles. The number of nitrogens with zero attached hydrogens (tertiary/aromatic N) is 2. The van der Waals surface area contributed by atoms with Crippen molar-refractivity contribution in [1.29, 1.82) is 0 Å². The fourth-order valence-corrected chi connectivity index (χ4v) is 6.35. The molecule has 1 aromatic heterocycles. The minimum absolute atomic E-state index is 0.0739. The van der Waals surface area contributed by atoms with E-state index in [2.05, 4.69) is 33.7 Å².